The molecule has 9 heteroatoms. The number of carboxylic acid groups (broad SMARTS) is 1. The van der Waals surface area contributed by atoms with Crippen LogP contribution >= 0.6 is 0 Å². The highest BCUT2D eigenvalue weighted by atomic mass is 19.1. The zero-order valence-corrected chi connectivity index (χ0v) is 15.0. The van der Waals surface area contributed by atoms with Gasteiger partial charge in [0.05, 0.1) is 18.1 Å². The molecule has 0 atom stereocenters. The Balaban J connectivity index is 1.58. The molecule has 1 aromatic carbocycles. The van der Waals surface area contributed by atoms with Crippen LogP contribution in [-0.2, 0) is 0 Å². The van der Waals surface area contributed by atoms with Gasteiger partial charge in [-0.15, -0.1) is 0 Å². The van der Waals surface area contributed by atoms with Crippen molar-refractivity contribution in [1.29, 1.82) is 0 Å². The van der Waals surface area contributed by atoms with Crippen LogP contribution in [0.25, 0.3) is 16.9 Å². The monoisotopic (exact) mass is 382 g/mol. The van der Waals surface area contributed by atoms with Crippen molar-refractivity contribution in [3.63, 3.8) is 0 Å². The van der Waals surface area contributed by atoms with Gasteiger partial charge in [-0.1, -0.05) is 12.1 Å². The van der Waals surface area contributed by atoms with Crippen molar-refractivity contribution < 1.29 is 14.3 Å². The van der Waals surface area contributed by atoms with Gasteiger partial charge in [0.2, 0.25) is 0 Å². The van der Waals surface area contributed by atoms with Crippen LogP contribution in [0.4, 0.5) is 14.9 Å². The van der Waals surface area contributed by atoms with Gasteiger partial charge in [0.15, 0.2) is 0 Å². The number of carbonyl (C=O) groups is 1. The Morgan fingerprint density at radius 2 is 1.96 bits per heavy atom. The van der Waals surface area contributed by atoms with E-state index in [-0.39, 0.29) is 11.9 Å². The molecule has 0 spiro atoms. The number of nitrogens with one attached hydrogen (secondary N) is 1. The van der Waals surface area contributed by atoms with Gasteiger partial charge < -0.3 is 15.3 Å². The molecule has 4 rings (SSSR count). The lowest BCUT2D eigenvalue weighted by Crippen LogP contribution is -2.44. The molecular formula is C19H19FN6O2. The van der Waals surface area contributed by atoms with Gasteiger partial charge in [0.1, 0.15) is 23.5 Å². The number of anilines is 1. The first kappa shape index (κ1) is 17.9. The van der Waals surface area contributed by atoms with E-state index < -0.39 is 6.09 Å². The highest BCUT2D eigenvalue weighted by Gasteiger charge is 2.23. The zero-order valence-electron chi connectivity index (χ0n) is 15.0. The average molecular weight is 382 g/mol. The predicted molar refractivity (Wildman–Crippen MR) is 101 cm³/mol. The molecule has 2 N–H and O–H groups in total. The predicted octanol–water partition coefficient (Wildman–Crippen LogP) is 2.70. The highest BCUT2D eigenvalue weighted by Crippen LogP contribution is 2.30. The quantitative estimate of drug-likeness (QED) is 0.720. The molecule has 3 heterocycles. The fourth-order valence-electron chi connectivity index (χ4n) is 3.43. The van der Waals surface area contributed by atoms with Crippen molar-refractivity contribution in [2.75, 3.05) is 18.0 Å². The van der Waals surface area contributed by atoms with E-state index in [1.165, 1.54) is 17.1 Å². The minimum atomic E-state index is -0.997. The van der Waals surface area contributed by atoms with E-state index in [2.05, 4.69) is 25.3 Å². The van der Waals surface area contributed by atoms with Gasteiger partial charge in [-0.05, 0) is 25.0 Å². The lowest BCUT2D eigenvalue weighted by molar-refractivity contribution is 0.187. The molecule has 1 aliphatic rings. The first-order valence-electron chi connectivity index (χ1n) is 8.96. The normalized spacial score (nSPS) is 14.8. The topological polar surface area (TPSA) is 96.2 Å². The summed E-state index contributed by atoms with van der Waals surface area (Å²) >= 11 is 0. The van der Waals surface area contributed by atoms with Crippen LogP contribution in [0.1, 0.15) is 12.8 Å². The second kappa shape index (κ2) is 7.63. The van der Waals surface area contributed by atoms with E-state index >= 15 is 0 Å². The Morgan fingerprint density at radius 3 is 2.71 bits per heavy atom. The Morgan fingerprint density at radius 1 is 1.18 bits per heavy atom. The molecule has 144 valence electrons. The fourth-order valence-corrected chi connectivity index (χ4v) is 3.43. The van der Waals surface area contributed by atoms with Crippen molar-refractivity contribution >= 4 is 11.8 Å². The number of halogens is 1. The van der Waals surface area contributed by atoms with Gasteiger partial charge in [0.25, 0.3) is 0 Å². The maximum atomic E-state index is 14.0. The first-order valence-corrected chi connectivity index (χ1v) is 8.96. The Kier molecular flexibility index (Phi) is 4.88. The number of aromatic nitrogens is 4. The van der Waals surface area contributed by atoms with Crippen LogP contribution in [0.15, 0.2) is 49.2 Å². The van der Waals surface area contributed by atoms with E-state index in [1.807, 2.05) is 0 Å². The lowest BCUT2D eigenvalue weighted by Gasteiger charge is -2.33. The summed E-state index contributed by atoms with van der Waals surface area (Å²) in [4.78, 5) is 21.5. The summed E-state index contributed by atoms with van der Waals surface area (Å²) in [5.41, 5.74) is 2.68. The minimum absolute atomic E-state index is 0.0503. The molecule has 0 saturated carbocycles. The smallest absolute Gasteiger partial charge is 0.404 e. The van der Waals surface area contributed by atoms with Crippen molar-refractivity contribution in [1.82, 2.24) is 25.1 Å². The Hall–Kier alpha value is -3.49. The van der Waals surface area contributed by atoms with Crippen LogP contribution in [0, 0.1) is 5.82 Å². The summed E-state index contributed by atoms with van der Waals surface area (Å²) in [7, 11) is 0. The van der Waals surface area contributed by atoms with Crippen molar-refractivity contribution in [3.8, 4) is 16.9 Å². The number of benzene rings is 1. The van der Waals surface area contributed by atoms with Gasteiger partial charge in [0, 0.05) is 30.9 Å². The van der Waals surface area contributed by atoms with Gasteiger partial charge in [-0.3, -0.25) is 0 Å². The standard InChI is InChI=1S/C19H19FN6O2/c20-15-3-1-2-4-16(15)26-11-13(9-23-26)18-17(10-21-12-22-18)25-7-5-14(6-8-25)24-19(27)28/h1-4,9-12,14,24H,5-8H2,(H,27,28). The number of piperidine rings is 1. The number of amides is 1. The number of nitrogens with zero attached hydrogens (tertiary/aromatic N) is 5. The third-order valence-electron chi connectivity index (χ3n) is 4.81. The molecule has 0 radical (unpaired) electrons. The summed E-state index contributed by atoms with van der Waals surface area (Å²) in [6, 6.07) is 6.39. The summed E-state index contributed by atoms with van der Waals surface area (Å²) in [6.07, 6.45) is 7.01. The largest absolute Gasteiger partial charge is 0.465 e. The average Bonchev–Trinajstić information content (AvgIpc) is 3.18. The maximum absolute atomic E-state index is 14.0. The molecule has 8 nitrogen and oxygen atoms in total. The second-order valence-corrected chi connectivity index (χ2v) is 6.59. The number of para-hydroxylation sites is 1. The number of hydrogen-bond acceptors (Lipinski definition) is 5. The van der Waals surface area contributed by atoms with Gasteiger partial charge in [-0.2, -0.15) is 5.10 Å². The van der Waals surface area contributed by atoms with Crippen molar-refractivity contribution in [2.45, 2.75) is 18.9 Å². The molecule has 2 aromatic heterocycles. The van der Waals surface area contributed by atoms with Crippen LogP contribution in [0.5, 0.6) is 0 Å². The van der Waals surface area contributed by atoms with E-state index in [4.69, 9.17) is 5.11 Å². The lowest BCUT2D eigenvalue weighted by atomic mass is 10.0. The highest BCUT2D eigenvalue weighted by molar-refractivity contribution is 5.74. The first-order chi connectivity index (χ1) is 13.6. The Labute approximate surface area is 160 Å². The van der Waals surface area contributed by atoms with E-state index in [9.17, 15) is 9.18 Å². The van der Waals surface area contributed by atoms with Gasteiger partial charge >= 0.3 is 6.09 Å². The van der Waals surface area contributed by atoms with Gasteiger partial charge in [-0.25, -0.2) is 23.8 Å². The Bertz CT molecular complexity index is 984. The molecule has 0 bridgehead atoms. The third kappa shape index (κ3) is 3.64. The molecule has 1 amide bonds. The molecule has 0 unspecified atom stereocenters. The zero-order chi connectivity index (χ0) is 19.5. The second-order valence-electron chi connectivity index (χ2n) is 6.59. The van der Waals surface area contributed by atoms with E-state index in [0.29, 0.717) is 37.3 Å². The fraction of sp³-hybridized carbons (Fsp3) is 0.263. The molecule has 1 saturated heterocycles. The van der Waals surface area contributed by atoms with E-state index in [0.717, 1.165) is 11.3 Å². The number of rotatable bonds is 4. The van der Waals surface area contributed by atoms with Crippen LogP contribution in [-0.4, -0.2) is 50.1 Å². The van der Waals surface area contributed by atoms with E-state index in [1.54, 1.807) is 36.8 Å². The molecule has 28 heavy (non-hydrogen) atoms. The maximum Gasteiger partial charge on any atom is 0.404 e. The SMILES string of the molecule is O=C(O)NC1CCN(c2cncnc2-c2cnn(-c3ccccc3F)c2)CC1. The molecule has 1 aliphatic heterocycles. The molecule has 3 aromatic rings. The third-order valence-corrected chi connectivity index (χ3v) is 4.81. The van der Waals surface area contributed by atoms with Crippen molar-refractivity contribution in [3.05, 3.63) is 55.0 Å². The van der Waals surface area contributed by atoms with Crippen molar-refractivity contribution in [2.24, 2.45) is 0 Å². The number of hydrogen-bond donors (Lipinski definition) is 2. The summed E-state index contributed by atoms with van der Waals surface area (Å²) in [5.74, 6) is -0.354. The molecule has 0 aliphatic carbocycles. The summed E-state index contributed by atoms with van der Waals surface area (Å²) in [5, 5.41) is 15.7. The minimum Gasteiger partial charge on any atom is -0.465 e. The van der Waals surface area contributed by atoms with Crippen LogP contribution in [0.3, 0.4) is 0 Å². The van der Waals surface area contributed by atoms with Crippen LogP contribution in [0.2, 0.25) is 0 Å². The van der Waals surface area contributed by atoms with Crippen LogP contribution < -0.4 is 10.2 Å². The summed E-state index contributed by atoms with van der Waals surface area (Å²) < 4.78 is 15.5. The summed E-state index contributed by atoms with van der Waals surface area (Å²) in [6.45, 7) is 1.37. The molecular weight excluding hydrogens is 363 g/mol. The molecule has 1 fully saturated rings.